The van der Waals surface area contributed by atoms with Crippen molar-refractivity contribution in [1.29, 1.82) is 0 Å². The molecule has 0 aliphatic carbocycles. The van der Waals surface area contributed by atoms with Crippen LogP contribution in [0.15, 0.2) is 48.5 Å². The molecule has 5 nitrogen and oxygen atoms in total. The van der Waals surface area contributed by atoms with Crippen LogP contribution in [0.4, 0.5) is 23.7 Å². The van der Waals surface area contributed by atoms with Gasteiger partial charge in [0, 0.05) is 12.1 Å². The summed E-state index contributed by atoms with van der Waals surface area (Å²) in [6.07, 6.45) is -5.22. The number of hydrogen-bond acceptors (Lipinski definition) is 3. The van der Waals surface area contributed by atoms with Crippen LogP contribution in [0.3, 0.4) is 0 Å². The number of halogens is 3. The number of nitrogens with one attached hydrogen (secondary N) is 1. The zero-order chi connectivity index (χ0) is 23.0. The van der Waals surface area contributed by atoms with Crippen LogP contribution in [0.5, 0.6) is 0 Å². The summed E-state index contributed by atoms with van der Waals surface area (Å²) in [5.74, 6) is -0.492. The van der Waals surface area contributed by atoms with E-state index in [0.717, 1.165) is 17.7 Å². The highest BCUT2D eigenvalue weighted by Gasteiger charge is 2.39. The number of alkyl halides is 3. The SMILES string of the molecule is C[C@@H](c1ccccc1)N1C(=O)[C@H](NC(=O)OC(C)(C)C)Cc2ccc(C(F)(F)F)cc21. The van der Waals surface area contributed by atoms with Gasteiger partial charge in [-0.3, -0.25) is 4.79 Å². The van der Waals surface area contributed by atoms with E-state index in [1.165, 1.54) is 11.0 Å². The van der Waals surface area contributed by atoms with Gasteiger partial charge in [0.05, 0.1) is 11.6 Å². The first kappa shape index (κ1) is 22.7. The van der Waals surface area contributed by atoms with Crippen LogP contribution >= 0.6 is 0 Å². The Morgan fingerprint density at radius 2 is 1.77 bits per heavy atom. The number of benzene rings is 2. The fourth-order valence-corrected chi connectivity index (χ4v) is 3.57. The van der Waals surface area contributed by atoms with Crippen LogP contribution in [0.2, 0.25) is 0 Å². The van der Waals surface area contributed by atoms with Crippen molar-refractivity contribution in [2.45, 2.75) is 58.0 Å². The van der Waals surface area contributed by atoms with Crippen LogP contribution in [0, 0.1) is 0 Å². The van der Waals surface area contributed by atoms with Crippen molar-refractivity contribution in [2.75, 3.05) is 4.90 Å². The second kappa shape index (κ2) is 8.24. The van der Waals surface area contributed by atoms with Gasteiger partial charge >= 0.3 is 12.3 Å². The highest BCUT2D eigenvalue weighted by atomic mass is 19.4. The van der Waals surface area contributed by atoms with Gasteiger partial charge in [0.2, 0.25) is 0 Å². The van der Waals surface area contributed by atoms with Crippen molar-refractivity contribution in [3.63, 3.8) is 0 Å². The minimum Gasteiger partial charge on any atom is -0.444 e. The van der Waals surface area contributed by atoms with E-state index in [-0.39, 0.29) is 12.1 Å². The lowest BCUT2D eigenvalue weighted by Crippen LogP contribution is -2.54. The summed E-state index contributed by atoms with van der Waals surface area (Å²) in [6, 6.07) is 10.9. The molecule has 0 unspecified atom stereocenters. The Morgan fingerprint density at radius 1 is 1.13 bits per heavy atom. The second-order valence-corrected chi connectivity index (χ2v) is 8.54. The van der Waals surface area contributed by atoms with E-state index in [4.69, 9.17) is 4.74 Å². The average Bonchev–Trinajstić information content (AvgIpc) is 2.66. The van der Waals surface area contributed by atoms with Gasteiger partial charge in [-0.15, -0.1) is 0 Å². The quantitative estimate of drug-likeness (QED) is 0.718. The lowest BCUT2D eigenvalue weighted by atomic mass is 9.92. The maximum atomic E-state index is 13.3. The van der Waals surface area contributed by atoms with Crippen molar-refractivity contribution in [2.24, 2.45) is 0 Å². The molecular weight excluding hydrogens is 409 g/mol. The van der Waals surface area contributed by atoms with Gasteiger partial charge < -0.3 is 15.0 Å². The van der Waals surface area contributed by atoms with E-state index in [1.54, 1.807) is 52.0 Å². The number of nitrogens with zero attached hydrogens (tertiary/aromatic N) is 1. The summed E-state index contributed by atoms with van der Waals surface area (Å²) in [7, 11) is 0. The average molecular weight is 434 g/mol. The van der Waals surface area contributed by atoms with Crippen molar-refractivity contribution < 1.29 is 27.5 Å². The lowest BCUT2D eigenvalue weighted by molar-refractivity contribution is -0.137. The molecule has 0 aromatic heterocycles. The van der Waals surface area contributed by atoms with Gasteiger partial charge in [-0.05, 0) is 51.0 Å². The maximum absolute atomic E-state index is 13.3. The Hall–Kier alpha value is -3.03. The van der Waals surface area contributed by atoms with Crippen LogP contribution in [-0.4, -0.2) is 23.6 Å². The Labute approximate surface area is 179 Å². The molecule has 1 aliphatic heterocycles. The van der Waals surface area contributed by atoms with E-state index in [9.17, 15) is 22.8 Å². The summed E-state index contributed by atoms with van der Waals surface area (Å²) in [5.41, 5.74) is -0.0898. The number of fused-ring (bicyclic) bond motifs is 1. The fraction of sp³-hybridized carbons (Fsp3) is 0.391. The Bertz CT molecular complexity index is 968. The molecule has 2 aromatic rings. The number of rotatable bonds is 3. The number of hydrogen-bond donors (Lipinski definition) is 1. The topological polar surface area (TPSA) is 58.6 Å². The molecule has 166 valence electrons. The van der Waals surface area contributed by atoms with E-state index in [2.05, 4.69) is 5.32 Å². The standard InChI is InChI=1S/C23H25F3N2O3/c1-14(15-8-6-5-7-9-15)28-19-13-17(23(24,25)26)11-10-16(19)12-18(20(28)29)27-21(30)31-22(2,3)4/h5-11,13-14,18H,12H2,1-4H3,(H,27,30)/t14-,18+/m0/s1. The normalized spacial score (nSPS) is 17.7. The Balaban J connectivity index is 2.01. The number of amides is 2. The number of carbonyl (C=O) groups excluding carboxylic acids is 2. The molecule has 0 saturated carbocycles. The molecule has 1 aliphatic rings. The van der Waals surface area contributed by atoms with Gasteiger partial charge in [-0.2, -0.15) is 13.2 Å². The van der Waals surface area contributed by atoms with Crippen LogP contribution in [0.1, 0.15) is 50.4 Å². The second-order valence-electron chi connectivity index (χ2n) is 8.54. The summed E-state index contributed by atoms with van der Waals surface area (Å²) < 4.78 is 45.3. The van der Waals surface area contributed by atoms with Crippen molar-refractivity contribution in [3.05, 3.63) is 65.2 Å². The predicted octanol–water partition coefficient (Wildman–Crippen LogP) is 5.25. The van der Waals surface area contributed by atoms with E-state index in [0.29, 0.717) is 5.56 Å². The first-order valence-electron chi connectivity index (χ1n) is 9.94. The third kappa shape index (κ3) is 5.18. The van der Waals surface area contributed by atoms with Crippen molar-refractivity contribution in [1.82, 2.24) is 5.32 Å². The fourth-order valence-electron chi connectivity index (χ4n) is 3.57. The Kier molecular flexibility index (Phi) is 6.02. The van der Waals surface area contributed by atoms with Crippen LogP contribution in [-0.2, 0) is 22.1 Å². The van der Waals surface area contributed by atoms with Crippen LogP contribution < -0.4 is 10.2 Å². The molecule has 1 N–H and O–H groups in total. The molecule has 0 bridgehead atoms. The van der Waals surface area contributed by atoms with Crippen molar-refractivity contribution >= 4 is 17.7 Å². The molecule has 8 heteroatoms. The summed E-state index contributed by atoms with van der Waals surface area (Å²) in [6.45, 7) is 6.85. The molecule has 2 aromatic carbocycles. The van der Waals surface area contributed by atoms with Crippen molar-refractivity contribution in [3.8, 4) is 0 Å². The molecule has 0 radical (unpaired) electrons. The Morgan fingerprint density at radius 3 is 2.35 bits per heavy atom. The highest BCUT2D eigenvalue weighted by Crippen LogP contribution is 2.39. The van der Waals surface area contributed by atoms with E-state index in [1.807, 2.05) is 6.07 Å². The predicted molar refractivity (Wildman–Crippen MR) is 111 cm³/mol. The first-order chi connectivity index (χ1) is 14.4. The largest absolute Gasteiger partial charge is 0.444 e. The molecule has 0 saturated heterocycles. The van der Waals surface area contributed by atoms with E-state index < -0.39 is 41.4 Å². The minimum atomic E-state index is -4.54. The monoisotopic (exact) mass is 434 g/mol. The number of carbonyl (C=O) groups is 2. The summed E-state index contributed by atoms with van der Waals surface area (Å²) in [5, 5.41) is 2.57. The number of anilines is 1. The maximum Gasteiger partial charge on any atom is 0.416 e. The lowest BCUT2D eigenvalue weighted by Gasteiger charge is -2.39. The zero-order valence-corrected chi connectivity index (χ0v) is 17.8. The van der Waals surface area contributed by atoms with E-state index >= 15 is 0 Å². The van der Waals surface area contributed by atoms with Gasteiger partial charge in [-0.1, -0.05) is 36.4 Å². The van der Waals surface area contributed by atoms with Gasteiger partial charge in [0.15, 0.2) is 0 Å². The number of ether oxygens (including phenoxy) is 1. The third-order valence-electron chi connectivity index (χ3n) is 4.99. The van der Waals surface area contributed by atoms with Gasteiger partial charge in [0.1, 0.15) is 11.6 Å². The smallest absolute Gasteiger partial charge is 0.416 e. The summed E-state index contributed by atoms with van der Waals surface area (Å²) in [4.78, 5) is 26.9. The highest BCUT2D eigenvalue weighted by molar-refractivity contribution is 6.02. The molecule has 2 amide bonds. The molecule has 0 spiro atoms. The molecule has 1 heterocycles. The van der Waals surface area contributed by atoms with Gasteiger partial charge in [0.25, 0.3) is 5.91 Å². The number of alkyl carbamates (subject to hydrolysis) is 1. The minimum absolute atomic E-state index is 0.0730. The third-order valence-corrected chi connectivity index (χ3v) is 4.99. The summed E-state index contributed by atoms with van der Waals surface area (Å²) >= 11 is 0. The zero-order valence-electron chi connectivity index (χ0n) is 17.8. The molecule has 3 rings (SSSR count). The molecular formula is C23H25F3N2O3. The van der Waals surface area contributed by atoms with Gasteiger partial charge in [-0.25, -0.2) is 4.79 Å². The molecule has 31 heavy (non-hydrogen) atoms. The van der Waals surface area contributed by atoms with Crippen LogP contribution in [0.25, 0.3) is 0 Å². The first-order valence-corrected chi connectivity index (χ1v) is 9.94. The molecule has 0 fully saturated rings. The molecule has 2 atom stereocenters.